The van der Waals surface area contributed by atoms with Crippen LogP contribution in [-0.4, -0.2) is 5.97 Å². The lowest BCUT2D eigenvalue weighted by molar-refractivity contribution is -0.133. The van der Waals surface area contributed by atoms with Gasteiger partial charge in [0.05, 0.1) is 0 Å². The van der Waals surface area contributed by atoms with Gasteiger partial charge in [0.2, 0.25) is 0 Å². The number of rotatable bonds is 2. The SMILES string of the molecule is CCc1ccc([C@@H]2C(=O)Oc3c2cc(C(C)(C)C)cc3C(C)(C)C)c(C)c1. The highest BCUT2D eigenvalue weighted by atomic mass is 16.5. The average molecular weight is 365 g/mol. The highest BCUT2D eigenvalue weighted by Crippen LogP contribution is 2.47. The van der Waals surface area contributed by atoms with Crippen molar-refractivity contribution in [3.05, 3.63) is 63.7 Å². The molecule has 2 aromatic rings. The third-order valence-corrected chi connectivity index (χ3v) is 5.59. The van der Waals surface area contributed by atoms with Gasteiger partial charge in [-0.25, -0.2) is 0 Å². The van der Waals surface area contributed by atoms with E-state index in [9.17, 15) is 4.79 Å². The topological polar surface area (TPSA) is 26.3 Å². The Morgan fingerprint density at radius 1 is 0.926 bits per heavy atom. The maximum absolute atomic E-state index is 13.0. The summed E-state index contributed by atoms with van der Waals surface area (Å²) in [5.41, 5.74) is 6.80. The second-order valence-electron chi connectivity index (χ2n) is 9.84. The van der Waals surface area contributed by atoms with Crippen LogP contribution in [0.4, 0.5) is 0 Å². The van der Waals surface area contributed by atoms with E-state index >= 15 is 0 Å². The molecule has 0 fully saturated rings. The van der Waals surface area contributed by atoms with Gasteiger partial charge in [-0.1, -0.05) is 78.8 Å². The number of ether oxygens (including phenoxy) is 1. The fraction of sp³-hybridized carbons (Fsp3) is 0.480. The summed E-state index contributed by atoms with van der Waals surface area (Å²) in [6, 6.07) is 10.8. The fourth-order valence-electron chi connectivity index (χ4n) is 3.83. The molecule has 0 saturated carbocycles. The summed E-state index contributed by atoms with van der Waals surface area (Å²) in [5.74, 6) is 0.271. The van der Waals surface area contributed by atoms with Gasteiger partial charge in [-0.2, -0.15) is 0 Å². The van der Waals surface area contributed by atoms with E-state index in [2.05, 4.69) is 85.7 Å². The second kappa shape index (κ2) is 6.51. The van der Waals surface area contributed by atoms with Crippen molar-refractivity contribution in [1.29, 1.82) is 0 Å². The van der Waals surface area contributed by atoms with Crippen molar-refractivity contribution in [1.82, 2.24) is 0 Å². The van der Waals surface area contributed by atoms with E-state index < -0.39 is 0 Å². The minimum atomic E-state index is -0.339. The standard InChI is InChI=1S/C25H32O2/c1-9-16-10-11-18(15(2)12-16)21-19-13-17(24(3,4)5)14-20(25(6,7)8)22(19)27-23(21)26/h10-14,21H,9H2,1-8H3/t21-/m0/s1. The minimum absolute atomic E-state index is 0.00628. The van der Waals surface area contributed by atoms with E-state index in [1.165, 1.54) is 11.1 Å². The summed E-state index contributed by atoms with van der Waals surface area (Å²) < 4.78 is 5.87. The number of esters is 1. The van der Waals surface area contributed by atoms with Gasteiger partial charge in [0, 0.05) is 11.1 Å². The van der Waals surface area contributed by atoms with Crippen LogP contribution in [0.25, 0.3) is 0 Å². The lowest BCUT2D eigenvalue weighted by Gasteiger charge is -2.27. The van der Waals surface area contributed by atoms with Crippen LogP contribution in [-0.2, 0) is 22.0 Å². The van der Waals surface area contributed by atoms with Crippen molar-refractivity contribution in [3.8, 4) is 5.75 Å². The van der Waals surface area contributed by atoms with E-state index in [1.54, 1.807) is 0 Å². The Balaban J connectivity index is 2.25. The smallest absolute Gasteiger partial charge is 0.323 e. The zero-order valence-electron chi connectivity index (χ0n) is 18.0. The van der Waals surface area contributed by atoms with Crippen molar-refractivity contribution in [2.75, 3.05) is 0 Å². The molecule has 0 aromatic heterocycles. The number of carbonyl (C=O) groups excluding carboxylic acids is 1. The van der Waals surface area contributed by atoms with E-state index in [1.807, 2.05) is 0 Å². The van der Waals surface area contributed by atoms with Crippen molar-refractivity contribution in [3.63, 3.8) is 0 Å². The summed E-state index contributed by atoms with van der Waals surface area (Å²) in [6.07, 6.45) is 0.995. The molecular weight excluding hydrogens is 332 g/mol. The van der Waals surface area contributed by atoms with E-state index in [4.69, 9.17) is 4.74 Å². The molecule has 2 aromatic carbocycles. The van der Waals surface area contributed by atoms with Crippen LogP contribution in [0, 0.1) is 6.92 Å². The van der Waals surface area contributed by atoms with Gasteiger partial charge in [-0.05, 0) is 46.4 Å². The minimum Gasteiger partial charge on any atom is -0.425 e. The maximum atomic E-state index is 13.0. The summed E-state index contributed by atoms with van der Waals surface area (Å²) in [5, 5.41) is 0. The molecule has 3 rings (SSSR count). The molecule has 0 spiro atoms. The molecular formula is C25H32O2. The predicted octanol–water partition coefficient (Wildman–Crippen LogP) is 6.20. The molecule has 0 bridgehead atoms. The highest BCUT2D eigenvalue weighted by Gasteiger charge is 2.40. The molecule has 0 unspecified atom stereocenters. The van der Waals surface area contributed by atoms with Crippen LogP contribution >= 0.6 is 0 Å². The van der Waals surface area contributed by atoms with Gasteiger partial charge in [0.15, 0.2) is 0 Å². The van der Waals surface area contributed by atoms with Gasteiger partial charge in [-0.15, -0.1) is 0 Å². The van der Waals surface area contributed by atoms with Crippen LogP contribution in [0.2, 0.25) is 0 Å². The molecule has 2 nitrogen and oxygen atoms in total. The third kappa shape index (κ3) is 3.54. The second-order valence-corrected chi connectivity index (χ2v) is 9.84. The van der Waals surface area contributed by atoms with Gasteiger partial charge in [-0.3, -0.25) is 4.79 Å². The van der Waals surface area contributed by atoms with Crippen LogP contribution in [0.3, 0.4) is 0 Å². The Kier molecular flexibility index (Phi) is 4.74. The molecule has 0 saturated heterocycles. The van der Waals surface area contributed by atoms with Crippen molar-refractivity contribution < 1.29 is 9.53 Å². The molecule has 1 atom stereocenters. The number of benzene rings is 2. The first-order chi connectivity index (χ1) is 12.4. The quantitative estimate of drug-likeness (QED) is 0.468. The number of hydrogen-bond acceptors (Lipinski definition) is 2. The number of carbonyl (C=O) groups is 1. The van der Waals surface area contributed by atoms with Crippen molar-refractivity contribution >= 4 is 5.97 Å². The summed E-state index contributed by atoms with van der Waals surface area (Å²) in [7, 11) is 0. The monoisotopic (exact) mass is 364 g/mol. The van der Waals surface area contributed by atoms with Crippen molar-refractivity contribution in [2.45, 2.75) is 78.6 Å². The van der Waals surface area contributed by atoms with E-state index in [0.29, 0.717) is 0 Å². The maximum Gasteiger partial charge on any atom is 0.323 e. The Morgan fingerprint density at radius 3 is 2.11 bits per heavy atom. The molecule has 2 heteroatoms. The number of hydrogen-bond donors (Lipinski definition) is 0. The molecule has 0 aliphatic carbocycles. The lowest BCUT2D eigenvalue weighted by Crippen LogP contribution is -2.17. The Morgan fingerprint density at radius 2 is 1.59 bits per heavy atom. The van der Waals surface area contributed by atoms with Gasteiger partial charge in [0.1, 0.15) is 11.7 Å². The van der Waals surface area contributed by atoms with Gasteiger partial charge in [0.25, 0.3) is 0 Å². The Hall–Kier alpha value is -2.09. The average Bonchev–Trinajstić information content (AvgIpc) is 2.87. The largest absolute Gasteiger partial charge is 0.425 e. The number of fused-ring (bicyclic) bond motifs is 1. The fourth-order valence-corrected chi connectivity index (χ4v) is 3.83. The zero-order valence-corrected chi connectivity index (χ0v) is 18.0. The first kappa shape index (κ1) is 19.7. The normalized spacial score (nSPS) is 17.0. The third-order valence-electron chi connectivity index (χ3n) is 5.59. The molecule has 0 amide bonds. The molecule has 1 heterocycles. The zero-order chi connectivity index (χ0) is 20.1. The van der Waals surface area contributed by atoms with Crippen LogP contribution in [0.1, 0.15) is 87.8 Å². The molecule has 27 heavy (non-hydrogen) atoms. The molecule has 1 aliphatic heterocycles. The highest BCUT2D eigenvalue weighted by molar-refractivity contribution is 5.91. The van der Waals surface area contributed by atoms with Crippen LogP contribution < -0.4 is 4.74 Å². The Bertz CT molecular complexity index is 892. The Labute approximate surface area is 164 Å². The van der Waals surface area contributed by atoms with Crippen LogP contribution in [0.15, 0.2) is 30.3 Å². The lowest BCUT2D eigenvalue weighted by atomic mass is 9.77. The molecule has 0 radical (unpaired) electrons. The first-order valence-corrected chi connectivity index (χ1v) is 9.93. The summed E-state index contributed by atoms with van der Waals surface area (Å²) >= 11 is 0. The summed E-state index contributed by atoms with van der Waals surface area (Å²) in [6.45, 7) is 17.4. The first-order valence-electron chi connectivity index (χ1n) is 9.93. The number of aryl methyl sites for hydroxylation is 2. The van der Waals surface area contributed by atoms with Crippen LogP contribution in [0.5, 0.6) is 5.75 Å². The molecule has 0 N–H and O–H groups in total. The predicted molar refractivity (Wildman–Crippen MR) is 112 cm³/mol. The van der Waals surface area contributed by atoms with Gasteiger partial charge < -0.3 is 4.74 Å². The van der Waals surface area contributed by atoms with E-state index in [0.717, 1.165) is 34.4 Å². The molecule has 144 valence electrons. The summed E-state index contributed by atoms with van der Waals surface area (Å²) in [4.78, 5) is 13.0. The van der Waals surface area contributed by atoms with E-state index in [-0.39, 0.29) is 22.7 Å². The van der Waals surface area contributed by atoms with Gasteiger partial charge >= 0.3 is 5.97 Å². The van der Waals surface area contributed by atoms with Crippen molar-refractivity contribution in [2.24, 2.45) is 0 Å². The molecule has 1 aliphatic rings.